The van der Waals surface area contributed by atoms with Gasteiger partial charge in [0.05, 0.1) is 25.2 Å². The molecule has 0 saturated carbocycles. The molecule has 1 aromatic heterocycles. The van der Waals surface area contributed by atoms with Gasteiger partial charge >= 0.3 is 5.69 Å². The minimum atomic E-state index is -1.49. The van der Waals surface area contributed by atoms with Crippen LogP contribution in [0.15, 0.2) is 15.8 Å². The molecular formula is C12H17N2O6-. The molecule has 0 radical (unpaired) electrons. The molecule has 0 aliphatic carbocycles. The molecule has 112 valence electrons. The van der Waals surface area contributed by atoms with Crippen LogP contribution in [0.5, 0.6) is 0 Å². The van der Waals surface area contributed by atoms with Crippen LogP contribution < -0.4 is 16.4 Å². The molecular weight excluding hydrogens is 268 g/mol. The number of aliphatic carboxylic acids is 1. The fourth-order valence-corrected chi connectivity index (χ4v) is 1.81. The number of aliphatic hydroxyl groups excluding tert-OH is 1. The molecule has 0 aromatic carbocycles. The van der Waals surface area contributed by atoms with Crippen LogP contribution in [0.2, 0.25) is 0 Å². The molecule has 1 rings (SSSR count). The summed E-state index contributed by atoms with van der Waals surface area (Å²) in [6.45, 7) is 2.67. The zero-order valence-electron chi connectivity index (χ0n) is 11.4. The molecule has 0 fully saturated rings. The molecule has 0 spiro atoms. The summed E-state index contributed by atoms with van der Waals surface area (Å²) in [5.41, 5.74) is -1.23. The van der Waals surface area contributed by atoms with E-state index in [0.29, 0.717) is 4.57 Å². The van der Waals surface area contributed by atoms with Crippen molar-refractivity contribution < 1.29 is 19.7 Å². The topological polar surface area (TPSA) is 114 Å². The third kappa shape index (κ3) is 3.34. The van der Waals surface area contributed by atoms with E-state index in [0.717, 1.165) is 4.57 Å². The highest BCUT2D eigenvalue weighted by Gasteiger charge is 2.18. The number of carbonyl (C=O) groups excluding carboxylic acids is 1. The fraction of sp³-hybridized carbons (Fsp3) is 0.583. The largest absolute Gasteiger partial charge is 0.548 e. The van der Waals surface area contributed by atoms with Crippen molar-refractivity contribution in [2.24, 2.45) is 0 Å². The summed E-state index contributed by atoms with van der Waals surface area (Å²) in [5, 5.41) is 19.6. The third-order valence-corrected chi connectivity index (χ3v) is 2.79. The molecule has 20 heavy (non-hydrogen) atoms. The van der Waals surface area contributed by atoms with Crippen molar-refractivity contribution in [2.75, 3.05) is 13.2 Å². The van der Waals surface area contributed by atoms with E-state index in [2.05, 4.69) is 0 Å². The Balaban J connectivity index is 3.32. The Morgan fingerprint density at radius 3 is 2.65 bits per heavy atom. The molecule has 0 aliphatic heterocycles. The summed E-state index contributed by atoms with van der Waals surface area (Å²) in [6, 6.07) is -1.32. The smallest absolute Gasteiger partial charge is 0.333 e. The Morgan fingerprint density at radius 2 is 2.15 bits per heavy atom. The number of hydrogen-bond acceptors (Lipinski definition) is 6. The minimum Gasteiger partial charge on any atom is -0.548 e. The number of nitrogens with zero attached hydrogens (tertiary/aromatic N) is 2. The van der Waals surface area contributed by atoms with Crippen LogP contribution in [0.1, 0.15) is 24.9 Å². The van der Waals surface area contributed by atoms with Crippen LogP contribution in [0.25, 0.3) is 0 Å². The van der Waals surface area contributed by atoms with Gasteiger partial charge < -0.3 is 19.7 Å². The number of carbonyl (C=O) groups is 1. The van der Waals surface area contributed by atoms with E-state index in [1.54, 1.807) is 6.92 Å². The number of aliphatic hydroxyl groups is 1. The molecule has 1 N–H and O–H groups in total. The Kier molecular flexibility index (Phi) is 5.66. The van der Waals surface area contributed by atoms with E-state index >= 15 is 0 Å². The molecule has 8 heteroatoms. The van der Waals surface area contributed by atoms with E-state index < -0.39 is 23.3 Å². The second-order valence-corrected chi connectivity index (χ2v) is 4.24. The van der Waals surface area contributed by atoms with Crippen molar-refractivity contribution >= 4 is 5.97 Å². The maximum atomic E-state index is 12.1. The van der Waals surface area contributed by atoms with E-state index in [4.69, 9.17) is 9.84 Å². The Bertz CT molecular complexity index is 589. The van der Waals surface area contributed by atoms with Crippen LogP contribution in [0, 0.1) is 6.92 Å². The lowest BCUT2D eigenvalue weighted by Crippen LogP contribution is -2.48. The summed E-state index contributed by atoms with van der Waals surface area (Å²) < 4.78 is 6.75. The summed E-state index contributed by atoms with van der Waals surface area (Å²) in [7, 11) is 0. The number of rotatable bonds is 7. The van der Waals surface area contributed by atoms with Gasteiger partial charge in [-0.1, -0.05) is 6.92 Å². The van der Waals surface area contributed by atoms with Crippen molar-refractivity contribution in [1.82, 2.24) is 9.13 Å². The number of carboxylic acids is 1. The highest BCUT2D eigenvalue weighted by molar-refractivity contribution is 5.69. The summed E-state index contributed by atoms with van der Waals surface area (Å²) in [4.78, 5) is 35.1. The zero-order valence-corrected chi connectivity index (χ0v) is 11.4. The summed E-state index contributed by atoms with van der Waals surface area (Å²) in [5.74, 6) is -1.49. The highest BCUT2D eigenvalue weighted by Crippen LogP contribution is 2.05. The Labute approximate surface area is 114 Å². The molecule has 0 saturated heterocycles. The number of aromatic nitrogens is 2. The Hall–Kier alpha value is -1.93. The van der Waals surface area contributed by atoms with Gasteiger partial charge in [-0.25, -0.2) is 4.79 Å². The van der Waals surface area contributed by atoms with E-state index in [9.17, 15) is 19.5 Å². The first-order chi connectivity index (χ1) is 9.43. The number of aryl methyl sites for hydroxylation is 1. The third-order valence-electron chi connectivity index (χ3n) is 2.79. The van der Waals surface area contributed by atoms with E-state index in [1.165, 1.54) is 13.1 Å². The molecule has 8 nitrogen and oxygen atoms in total. The number of hydrogen-bond donors (Lipinski definition) is 1. The lowest BCUT2D eigenvalue weighted by Gasteiger charge is -2.20. The van der Waals surface area contributed by atoms with Gasteiger partial charge in [-0.05, 0) is 13.3 Å². The number of carboxylic acid groups (broad SMARTS) is 1. The van der Waals surface area contributed by atoms with Crippen molar-refractivity contribution in [3.8, 4) is 0 Å². The van der Waals surface area contributed by atoms with Crippen molar-refractivity contribution in [3.05, 3.63) is 32.6 Å². The summed E-state index contributed by atoms with van der Waals surface area (Å²) in [6.07, 6.45) is 1.35. The standard InChI is InChI=1S/C12H18N2O6/c1-3-9(11(17)18)14-10(16)8(2)6-13(12(14)19)7-20-5-4-15/h6,9,15H,3-5,7H2,1-2H3,(H,17,18)/p-1. The van der Waals surface area contributed by atoms with Crippen LogP contribution in [0.3, 0.4) is 0 Å². The normalized spacial score (nSPS) is 12.3. The maximum absolute atomic E-state index is 12.1. The van der Waals surface area contributed by atoms with Crippen LogP contribution >= 0.6 is 0 Å². The lowest BCUT2D eigenvalue weighted by atomic mass is 10.2. The second-order valence-electron chi connectivity index (χ2n) is 4.24. The SMILES string of the molecule is CCC(C(=O)[O-])n1c(=O)c(C)cn(COCCO)c1=O. The molecule has 1 unspecified atom stereocenters. The van der Waals surface area contributed by atoms with Crippen molar-refractivity contribution in [1.29, 1.82) is 0 Å². The van der Waals surface area contributed by atoms with Gasteiger partial charge in [-0.2, -0.15) is 0 Å². The quantitative estimate of drug-likeness (QED) is 0.579. The average molecular weight is 285 g/mol. The van der Waals surface area contributed by atoms with Gasteiger partial charge in [0.25, 0.3) is 5.56 Å². The first-order valence-electron chi connectivity index (χ1n) is 6.16. The predicted molar refractivity (Wildman–Crippen MR) is 67.1 cm³/mol. The summed E-state index contributed by atoms with van der Waals surface area (Å²) >= 11 is 0. The van der Waals surface area contributed by atoms with Crippen LogP contribution in [-0.4, -0.2) is 33.4 Å². The predicted octanol–water partition coefficient (Wildman–Crippen LogP) is -2.01. The van der Waals surface area contributed by atoms with Gasteiger partial charge in [0.2, 0.25) is 0 Å². The molecule has 0 aliphatic rings. The van der Waals surface area contributed by atoms with Gasteiger partial charge in [-0.15, -0.1) is 0 Å². The van der Waals surface area contributed by atoms with Gasteiger partial charge in [0, 0.05) is 11.8 Å². The maximum Gasteiger partial charge on any atom is 0.333 e. The zero-order chi connectivity index (χ0) is 15.3. The fourth-order valence-electron chi connectivity index (χ4n) is 1.81. The lowest BCUT2D eigenvalue weighted by molar-refractivity contribution is -0.310. The molecule has 1 aromatic rings. The van der Waals surface area contributed by atoms with Gasteiger partial charge in [0.1, 0.15) is 6.73 Å². The Morgan fingerprint density at radius 1 is 1.50 bits per heavy atom. The number of ether oxygens (including phenoxy) is 1. The van der Waals surface area contributed by atoms with E-state index in [-0.39, 0.29) is 31.9 Å². The van der Waals surface area contributed by atoms with Crippen LogP contribution in [-0.2, 0) is 16.3 Å². The molecule has 0 bridgehead atoms. The molecule has 1 atom stereocenters. The molecule has 0 amide bonds. The van der Waals surface area contributed by atoms with Crippen molar-refractivity contribution in [3.63, 3.8) is 0 Å². The first-order valence-corrected chi connectivity index (χ1v) is 6.16. The second kappa shape index (κ2) is 7.01. The van der Waals surface area contributed by atoms with Gasteiger partial charge in [-0.3, -0.25) is 13.9 Å². The highest BCUT2D eigenvalue weighted by atomic mass is 16.5. The molecule has 1 heterocycles. The minimum absolute atomic E-state index is 0.0301. The van der Waals surface area contributed by atoms with Gasteiger partial charge in [0.15, 0.2) is 0 Å². The first kappa shape index (κ1) is 16.1. The monoisotopic (exact) mass is 285 g/mol. The van der Waals surface area contributed by atoms with Crippen LogP contribution in [0.4, 0.5) is 0 Å². The van der Waals surface area contributed by atoms with E-state index in [1.807, 2.05) is 0 Å². The van der Waals surface area contributed by atoms with Crippen molar-refractivity contribution in [2.45, 2.75) is 33.0 Å². The average Bonchev–Trinajstić information content (AvgIpc) is 2.40.